The van der Waals surface area contributed by atoms with Gasteiger partial charge in [0.25, 0.3) is 5.69 Å². The van der Waals surface area contributed by atoms with E-state index in [9.17, 15) is 14.9 Å². The van der Waals surface area contributed by atoms with E-state index in [4.69, 9.17) is 9.84 Å². The Morgan fingerprint density at radius 1 is 1.68 bits per heavy atom. The summed E-state index contributed by atoms with van der Waals surface area (Å²) in [5.74, 6) is -0.533. The highest BCUT2D eigenvalue weighted by molar-refractivity contribution is 5.68. The van der Waals surface area contributed by atoms with Gasteiger partial charge in [0.2, 0.25) is 0 Å². The number of nitro groups is 1. The van der Waals surface area contributed by atoms with Crippen molar-refractivity contribution < 1.29 is 19.6 Å². The maximum atomic E-state index is 10.8. The number of rotatable bonds is 4. The van der Waals surface area contributed by atoms with Crippen molar-refractivity contribution in [2.75, 3.05) is 24.7 Å². The van der Waals surface area contributed by atoms with Crippen molar-refractivity contribution in [2.24, 2.45) is 0 Å². The lowest BCUT2D eigenvalue weighted by Crippen LogP contribution is -2.47. The molecular formula is C11H13N3O5. The van der Waals surface area contributed by atoms with E-state index in [1.165, 1.54) is 18.3 Å². The molecule has 0 aromatic carbocycles. The van der Waals surface area contributed by atoms with Crippen LogP contribution in [0.4, 0.5) is 11.5 Å². The quantitative estimate of drug-likeness (QED) is 0.631. The number of pyridine rings is 1. The zero-order chi connectivity index (χ0) is 13.8. The third-order valence-corrected chi connectivity index (χ3v) is 2.87. The molecule has 1 saturated heterocycles. The van der Waals surface area contributed by atoms with E-state index in [1.807, 2.05) is 0 Å². The van der Waals surface area contributed by atoms with Gasteiger partial charge in [-0.25, -0.2) is 4.98 Å². The summed E-state index contributed by atoms with van der Waals surface area (Å²) in [6, 6.07) is 2.29. The van der Waals surface area contributed by atoms with Crippen LogP contribution in [0.1, 0.15) is 6.42 Å². The second kappa shape index (κ2) is 5.61. The molecule has 1 N–H and O–H groups in total. The Balaban J connectivity index is 2.24. The SMILES string of the molecule is O=C(O)CC1COCCN1c1cc([N+](=O)[O-])ccn1. The molecule has 2 rings (SSSR count). The number of carboxylic acid groups (broad SMARTS) is 1. The number of aliphatic carboxylic acids is 1. The molecule has 1 aromatic heterocycles. The molecule has 0 spiro atoms. The third-order valence-electron chi connectivity index (χ3n) is 2.87. The first kappa shape index (κ1) is 13.2. The molecule has 1 aliphatic rings. The minimum absolute atomic E-state index is 0.0643. The predicted molar refractivity (Wildman–Crippen MR) is 65.1 cm³/mol. The van der Waals surface area contributed by atoms with Crippen molar-refractivity contribution in [3.8, 4) is 0 Å². The summed E-state index contributed by atoms with van der Waals surface area (Å²) in [7, 11) is 0. The van der Waals surface area contributed by atoms with Crippen LogP contribution in [0.2, 0.25) is 0 Å². The Morgan fingerprint density at radius 3 is 3.16 bits per heavy atom. The van der Waals surface area contributed by atoms with Crippen molar-refractivity contribution >= 4 is 17.5 Å². The number of ether oxygens (including phenoxy) is 1. The predicted octanol–water partition coefficient (Wildman–Crippen LogP) is 0.670. The molecule has 0 bridgehead atoms. The molecule has 2 heterocycles. The first-order chi connectivity index (χ1) is 9.08. The molecule has 102 valence electrons. The topological polar surface area (TPSA) is 106 Å². The summed E-state index contributed by atoms with van der Waals surface area (Å²) in [6.07, 6.45) is 1.26. The van der Waals surface area contributed by atoms with Gasteiger partial charge < -0.3 is 14.7 Å². The van der Waals surface area contributed by atoms with Gasteiger partial charge in [-0.2, -0.15) is 0 Å². The van der Waals surface area contributed by atoms with Gasteiger partial charge >= 0.3 is 5.97 Å². The number of hydrogen-bond donors (Lipinski definition) is 1. The Bertz CT molecular complexity index is 493. The van der Waals surface area contributed by atoms with Gasteiger partial charge in [-0.3, -0.25) is 14.9 Å². The summed E-state index contributed by atoms with van der Waals surface area (Å²) < 4.78 is 5.25. The van der Waals surface area contributed by atoms with Crippen LogP contribution in [0, 0.1) is 10.1 Å². The molecule has 0 amide bonds. The standard InChI is InChI=1S/C11H13N3O5/c15-11(16)6-9-7-19-4-3-13(9)10-5-8(14(17)18)1-2-12-10/h1-2,5,9H,3-4,6-7H2,(H,15,16). The molecule has 1 aromatic rings. The zero-order valence-electron chi connectivity index (χ0n) is 10.1. The normalized spacial score (nSPS) is 19.2. The fraction of sp³-hybridized carbons (Fsp3) is 0.455. The van der Waals surface area contributed by atoms with Crippen molar-refractivity contribution in [2.45, 2.75) is 12.5 Å². The maximum Gasteiger partial charge on any atom is 0.305 e. The molecule has 1 aliphatic heterocycles. The average molecular weight is 267 g/mol. The van der Waals surface area contributed by atoms with E-state index >= 15 is 0 Å². The van der Waals surface area contributed by atoms with Gasteiger partial charge in [0.1, 0.15) is 5.82 Å². The monoisotopic (exact) mass is 267 g/mol. The van der Waals surface area contributed by atoms with Gasteiger partial charge in [0.15, 0.2) is 0 Å². The molecule has 1 fully saturated rings. The second-order valence-electron chi connectivity index (χ2n) is 4.15. The minimum Gasteiger partial charge on any atom is -0.481 e. The van der Waals surface area contributed by atoms with Crippen LogP contribution in [-0.4, -0.2) is 46.8 Å². The first-order valence-electron chi connectivity index (χ1n) is 5.74. The van der Waals surface area contributed by atoms with Crippen LogP contribution in [0.5, 0.6) is 0 Å². The van der Waals surface area contributed by atoms with Crippen LogP contribution >= 0.6 is 0 Å². The third kappa shape index (κ3) is 3.16. The van der Waals surface area contributed by atoms with E-state index in [0.717, 1.165) is 0 Å². The molecule has 0 saturated carbocycles. The Labute approximate surface area is 108 Å². The van der Waals surface area contributed by atoms with E-state index in [1.54, 1.807) is 4.90 Å². The van der Waals surface area contributed by atoms with E-state index < -0.39 is 10.9 Å². The largest absolute Gasteiger partial charge is 0.481 e. The van der Waals surface area contributed by atoms with Crippen LogP contribution < -0.4 is 4.90 Å². The van der Waals surface area contributed by atoms with Gasteiger partial charge in [-0.1, -0.05) is 0 Å². The minimum atomic E-state index is -0.939. The lowest BCUT2D eigenvalue weighted by molar-refractivity contribution is -0.384. The van der Waals surface area contributed by atoms with Crippen molar-refractivity contribution in [1.29, 1.82) is 0 Å². The van der Waals surface area contributed by atoms with Crippen LogP contribution in [0.3, 0.4) is 0 Å². The fourth-order valence-electron chi connectivity index (χ4n) is 2.01. The number of aromatic nitrogens is 1. The number of hydrogen-bond acceptors (Lipinski definition) is 6. The summed E-state index contributed by atoms with van der Waals surface area (Å²) in [5, 5.41) is 19.6. The molecule has 8 heteroatoms. The molecule has 8 nitrogen and oxygen atoms in total. The Hall–Kier alpha value is -2.22. The van der Waals surface area contributed by atoms with Gasteiger partial charge in [0, 0.05) is 18.8 Å². The lowest BCUT2D eigenvalue weighted by Gasteiger charge is -2.35. The van der Waals surface area contributed by atoms with Crippen molar-refractivity contribution in [3.63, 3.8) is 0 Å². The highest BCUT2D eigenvalue weighted by Gasteiger charge is 2.27. The average Bonchev–Trinajstić information content (AvgIpc) is 2.39. The molecule has 0 radical (unpaired) electrons. The number of carboxylic acids is 1. The summed E-state index contributed by atoms with van der Waals surface area (Å²) in [4.78, 5) is 26.9. The van der Waals surface area contributed by atoms with Crippen molar-refractivity contribution in [1.82, 2.24) is 4.98 Å². The van der Waals surface area contributed by atoms with Crippen LogP contribution in [0.25, 0.3) is 0 Å². The maximum absolute atomic E-state index is 10.8. The molecular weight excluding hydrogens is 254 g/mol. The smallest absolute Gasteiger partial charge is 0.305 e. The molecule has 1 atom stereocenters. The Morgan fingerprint density at radius 2 is 2.47 bits per heavy atom. The Kier molecular flexibility index (Phi) is 3.91. The van der Waals surface area contributed by atoms with E-state index in [0.29, 0.717) is 19.0 Å². The van der Waals surface area contributed by atoms with Gasteiger partial charge in [-0.05, 0) is 0 Å². The lowest BCUT2D eigenvalue weighted by atomic mass is 10.1. The summed E-state index contributed by atoms with van der Waals surface area (Å²) in [5.41, 5.74) is -0.0643. The van der Waals surface area contributed by atoms with Gasteiger partial charge in [-0.15, -0.1) is 0 Å². The highest BCUT2D eigenvalue weighted by Crippen LogP contribution is 2.23. The fourth-order valence-corrected chi connectivity index (χ4v) is 2.01. The highest BCUT2D eigenvalue weighted by atomic mass is 16.6. The summed E-state index contributed by atoms with van der Waals surface area (Å²) >= 11 is 0. The summed E-state index contributed by atoms with van der Waals surface area (Å²) in [6.45, 7) is 1.18. The molecule has 0 aliphatic carbocycles. The number of carbonyl (C=O) groups is 1. The van der Waals surface area contributed by atoms with Crippen LogP contribution in [-0.2, 0) is 9.53 Å². The number of nitrogens with zero attached hydrogens (tertiary/aromatic N) is 3. The van der Waals surface area contributed by atoms with E-state index in [-0.39, 0.29) is 24.8 Å². The zero-order valence-corrected chi connectivity index (χ0v) is 10.1. The van der Waals surface area contributed by atoms with Crippen molar-refractivity contribution in [3.05, 3.63) is 28.4 Å². The van der Waals surface area contributed by atoms with Crippen LogP contribution in [0.15, 0.2) is 18.3 Å². The number of anilines is 1. The first-order valence-corrected chi connectivity index (χ1v) is 5.74. The molecule has 19 heavy (non-hydrogen) atoms. The van der Waals surface area contributed by atoms with E-state index in [2.05, 4.69) is 4.98 Å². The molecule has 1 unspecified atom stereocenters. The second-order valence-corrected chi connectivity index (χ2v) is 4.15. The van der Waals surface area contributed by atoms with Gasteiger partial charge in [0.05, 0.1) is 36.7 Å². The number of morpholine rings is 1.